The van der Waals surface area contributed by atoms with Crippen LogP contribution in [0.15, 0.2) is 30.3 Å². The molecule has 17 heavy (non-hydrogen) atoms. The van der Waals surface area contributed by atoms with E-state index >= 15 is 0 Å². The summed E-state index contributed by atoms with van der Waals surface area (Å²) in [6, 6.07) is 9.88. The first kappa shape index (κ1) is 12.9. The van der Waals surface area contributed by atoms with Gasteiger partial charge in [0.05, 0.1) is 0 Å². The third-order valence-corrected chi connectivity index (χ3v) is 4.02. The normalized spacial score (nSPS) is 11.1. The Kier molecular flexibility index (Phi) is 4.13. The maximum absolute atomic E-state index is 6.27. The van der Waals surface area contributed by atoms with Crippen LogP contribution in [0.3, 0.4) is 0 Å². The zero-order chi connectivity index (χ0) is 12.4. The summed E-state index contributed by atoms with van der Waals surface area (Å²) in [6.45, 7) is 4.31. The Morgan fingerprint density at radius 1 is 1.12 bits per heavy atom. The first-order chi connectivity index (χ1) is 8.08. The molecule has 0 saturated heterocycles. The largest absolute Gasteiger partial charge is 0.127 e. The van der Waals surface area contributed by atoms with Gasteiger partial charge in [0.1, 0.15) is 4.34 Å². The van der Waals surface area contributed by atoms with Gasteiger partial charge >= 0.3 is 0 Å². The Balaban J connectivity index is 2.40. The van der Waals surface area contributed by atoms with Crippen LogP contribution in [0, 0.1) is 12.3 Å². The van der Waals surface area contributed by atoms with Gasteiger partial charge in [-0.25, -0.2) is 0 Å². The van der Waals surface area contributed by atoms with E-state index in [1.807, 2.05) is 24.3 Å². The standard InChI is InChI=1S/C14H13Cl2S/c1-9(2)7-10-8-12(14(16)17-10)11-5-3-4-6-13(11)15/h3-9H,1-2H3. The Morgan fingerprint density at radius 2 is 1.82 bits per heavy atom. The highest BCUT2D eigenvalue weighted by Crippen LogP contribution is 2.39. The lowest BCUT2D eigenvalue weighted by molar-refractivity contribution is 0.781. The van der Waals surface area contributed by atoms with Crippen molar-refractivity contribution in [1.82, 2.24) is 0 Å². The SMILES string of the molecule is CC(C)[CH]c1cc(-c2ccccc2Cl)c(Cl)s1. The molecule has 1 aromatic carbocycles. The van der Waals surface area contributed by atoms with E-state index in [9.17, 15) is 0 Å². The summed E-state index contributed by atoms with van der Waals surface area (Å²) in [6.07, 6.45) is 2.21. The van der Waals surface area contributed by atoms with Crippen molar-refractivity contribution in [2.24, 2.45) is 5.92 Å². The molecule has 0 N–H and O–H groups in total. The summed E-state index contributed by atoms with van der Waals surface area (Å²) >= 11 is 14.1. The number of hydrogen-bond donors (Lipinski definition) is 0. The van der Waals surface area contributed by atoms with Crippen molar-refractivity contribution in [3.05, 3.63) is 51.0 Å². The van der Waals surface area contributed by atoms with Crippen molar-refractivity contribution < 1.29 is 0 Å². The van der Waals surface area contributed by atoms with E-state index in [1.54, 1.807) is 11.3 Å². The van der Waals surface area contributed by atoms with Crippen LogP contribution in [0.2, 0.25) is 9.36 Å². The zero-order valence-electron chi connectivity index (χ0n) is 9.71. The average Bonchev–Trinajstić information content (AvgIpc) is 2.59. The summed E-state index contributed by atoms with van der Waals surface area (Å²) in [7, 11) is 0. The van der Waals surface area contributed by atoms with Crippen molar-refractivity contribution >= 4 is 34.5 Å². The summed E-state index contributed by atoms with van der Waals surface area (Å²) in [4.78, 5) is 1.19. The van der Waals surface area contributed by atoms with E-state index in [2.05, 4.69) is 26.3 Å². The number of benzene rings is 1. The fourth-order valence-corrected chi connectivity index (χ4v) is 3.32. The number of thiophene rings is 1. The second-order valence-corrected chi connectivity index (χ2v) is 6.32. The van der Waals surface area contributed by atoms with Crippen LogP contribution in [-0.2, 0) is 0 Å². The van der Waals surface area contributed by atoms with Crippen LogP contribution in [0.1, 0.15) is 18.7 Å². The fraction of sp³-hybridized carbons (Fsp3) is 0.214. The molecule has 0 spiro atoms. The van der Waals surface area contributed by atoms with E-state index in [1.165, 1.54) is 4.88 Å². The van der Waals surface area contributed by atoms with Gasteiger partial charge in [0.15, 0.2) is 0 Å². The molecule has 2 aromatic rings. The van der Waals surface area contributed by atoms with Gasteiger partial charge in [-0.15, -0.1) is 11.3 Å². The maximum atomic E-state index is 6.27. The monoisotopic (exact) mass is 283 g/mol. The van der Waals surface area contributed by atoms with E-state index in [4.69, 9.17) is 23.2 Å². The van der Waals surface area contributed by atoms with Gasteiger partial charge < -0.3 is 0 Å². The van der Waals surface area contributed by atoms with Crippen molar-refractivity contribution in [1.29, 1.82) is 0 Å². The third kappa shape index (κ3) is 3.04. The van der Waals surface area contributed by atoms with Crippen molar-refractivity contribution in [3.8, 4) is 11.1 Å². The zero-order valence-corrected chi connectivity index (χ0v) is 12.0. The second-order valence-electron chi connectivity index (χ2n) is 4.23. The molecule has 0 bridgehead atoms. The van der Waals surface area contributed by atoms with Gasteiger partial charge in [-0.2, -0.15) is 0 Å². The minimum atomic E-state index is 0.517. The number of halogens is 2. The van der Waals surface area contributed by atoms with Crippen molar-refractivity contribution in [2.45, 2.75) is 13.8 Å². The summed E-state index contributed by atoms with van der Waals surface area (Å²) < 4.78 is 0.796. The van der Waals surface area contributed by atoms with Gasteiger partial charge in [0, 0.05) is 27.4 Å². The van der Waals surface area contributed by atoms with E-state index in [0.717, 1.165) is 20.5 Å². The Labute approximate surface area is 116 Å². The molecule has 1 radical (unpaired) electrons. The highest BCUT2D eigenvalue weighted by Gasteiger charge is 2.12. The molecule has 1 heterocycles. The lowest BCUT2D eigenvalue weighted by Crippen LogP contribution is -1.86. The Morgan fingerprint density at radius 3 is 2.47 bits per heavy atom. The highest BCUT2D eigenvalue weighted by atomic mass is 35.5. The molecule has 0 unspecified atom stereocenters. The Bertz CT molecular complexity index is 515. The Hall–Kier alpha value is -0.500. The second kappa shape index (κ2) is 5.43. The predicted molar refractivity (Wildman–Crippen MR) is 78.0 cm³/mol. The van der Waals surface area contributed by atoms with Crippen LogP contribution in [0.25, 0.3) is 11.1 Å². The molecule has 1 aromatic heterocycles. The average molecular weight is 284 g/mol. The molecule has 0 aliphatic rings. The van der Waals surface area contributed by atoms with Crippen LogP contribution in [0.4, 0.5) is 0 Å². The molecule has 2 rings (SSSR count). The van der Waals surface area contributed by atoms with E-state index < -0.39 is 0 Å². The molecule has 0 nitrogen and oxygen atoms in total. The van der Waals surface area contributed by atoms with Gasteiger partial charge in [-0.3, -0.25) is 0 Å². The third-order valence-electron chi connectivity index (χ3n) is 2.37. The van der Waals surface area contributed by atoms with Crippen LogP contribution in [0.5, 0.6) is 0 Å². The van der Waals surface area contributed by atoms with Gasteiger partial charge in [-0.1, -0.05) is 55.2 Å². The molecule has 0 aliphatic heterocycles. The lowest BCUT2D eigenvalue weighted by atomic mass is 10.1. The topological polar surface area (TPSA) is 0 Å². The van der Waals surface area contributed by atoms with Crippen molar-refractivity contribution in [3.63, 3.8) is 0 Å². The first-order valence-corrected chi connectivity index (χ1v) is 7.04. The molecular weight excluding hydrogens is 271 g/mol. The number of hydrogen-bond acceptors (Lipinski definition) is 1. The van der Waals surface area contributed by atoms with Crippen LogP contribution in [-0.4, -0.2) is 0 Å². The molecule has 0 aliphatic carbocycles. The quantitative estimate of drug-likeness (QED) is 0.655. The lowest BCUT2D eigenvalue weighted by Gasteiger charge is -2.01. The van der Waals surface area contributed by atoms with E-state index in [0.29, 0.717) is 5.92 Å². The van der Waals surface area contributed by atoms with E-state index in [-0.39, 0.29) is 0 Å². The van der Waals surface area contributed by atoms with Gasteiger partial charge in [0.25, 0.3) is 0 Å². The minimum absolute atomic E-state index is 0.517. The summed E-state index contributed by atoms with van der Waals surface area (Å²) in [5.41, 5.74) is 2.02. The van der Waals surface area contributed by atoms with Crippen LogP contribution >= 0.6 is 34.5 Å². The number of rotatable bonds is 3. The van der Waals surface area contributed by atoms with Gasteiger partial charge in [0.2, 0.25) is 0 Å². The molecular formula is C14H13Cl2S. The summed E-state index contributed by atoms with van der Waals surface area (Å²) in [5.74, 6) is 0.517. The molecule has 0 fully saturated rings. The smallest absolute Gasteiger partial charge is 0.101 e. The summed E-state index contributed by atoms with van der Waals surface area (Å²) in [5, 5.41) is 0.739. The van der Waals surface area contributed by atoms with Crippen molar-refractivity contribution in [2.75, 3.05) is 0 Å². The molecule has 3 heteroatoms. The minimum Gasteiger partial charge on any atom is -0.127 e. The highest BCUT2D eigenvalue weighted by molar-refractivity contribution is 7.17. The van der Waals surface area contributed by atoms with Gasteiger partial charge in [-0.05, 0) is 18.1 Å². The molecule has 0 saturated carbocycles. The molecule has 89 valence electrons. The molecule has 0 atom stereocenters. The fourth-order valence-electron chi connectivity index (χ4n) is 1.66. The first-order valence-electron chi connectivity index (χ1n) is 5.47. The predicted octanol–water partition coefficient (Wildman–Crippen LogP) is 5.93. The molecule has 0 amide bonds. The maximum Gasteiger partial charge on any atom is 0.101 e. The van der Waals surface area contributed by atoms with Crippen LogP contribution < -0.4 is 0 Å².